The molecule has 0 aliphatic carbocycles. The Labute approximate surface area is 136 Å². The van der Waals surface area contributed by atoms with Gasteiger partial charge >= 0.3 is 0 Å². The average molecular weight is 308 g/mol. The summed E-state index contributed by atoms with van der Waals surface area (Å²) in [6, 6.07) is 15.0. The van der Waals surface area contributed by atoms with Crippen LogP contribution in [0.25, 0.3) is 0 Å². The lowest BCUT2D eigenvalue weighted by Gasteiger charge is -2.23. The van der Waals surface area contributed by atoms with E-state index in [0.29, 0.717) is 6.42 Å². The van der Waals surface area contributed by atoms with E-state index in [1.807, 2.05) is 48.5 Å². The summed E-state index contributed by atoms with van der Waals surface area (Å²) in [7, 11) is 0. The number of anilines is 2. The number of para-hydroxylation sites is 1. The largest absolute Gasteiger partial charge is 0.324 e. The van der Waals surface area contributed by atoms with Crippen LogP contribution in [-0.2, 0) is 22.4 Å². The molecule has 1 heterocycles. The fraction of sp³-hybridized carbons (Fsp3) is 0.263. The first kappa shape index (κ1) is 15.3. The van der Waals surface area contributed by atoms with Crippen molar-refractivity contribution in [3.8, 4) is 0 Å². The third-order valence-electron chi connectivity index (χ3n) is 4.25. The molecular weight excluding hydrogens is 288 g/mol. The van der Waals surface area contributed by atoms with Crippen LogP contribution in [0.5, 0.6) is 0 Å². The van der Waals surface area contributed by atoms with Gasteiger partial charge in [0.15, 0.2) is 0 Å². The Hall–Kier alpha value is -2.62. The highest BCUT2D eigenvalue weighted by molar-refractivity contribution is 6.06. The second-order valence-corrected chi connectivity index (χ2v) is 5.78. The third-order valence-corrected chi connectivity index (χ3v) is 4.25. The molecule has 0 radical (unpaired) electrons. The maximum absolute atomic E-state index is 12.6. The summed E-state index contributed by atoms with van der Waals surface area (Å²) in [5, 5.41) is 2.92. The monoisotopic (exact) mass is 308 g/mol. The van der Waals surface area contributed by atoms with Crippen LogP contribution in [0.15, 0.2) is 48.5 Å². The SMILES string of the molecule is CCc1ccc(NC(=O)[C@@H]2Cc3ccccc3N2C(C)=O)cc1. The lowest BCUT2D eigenvalue weighted by Crippen LogP contribution is -2.44. The Morgan fingerprint density at radius 3 is 2.48 bits per heavy atom. The van der Waals surface area contributed by atoms with Crippen molar-refractivity contribution in [2.24, 2.45) is 0 Å². The number of hydrogen-bond acceptors (Lipinski definition) is 2. The van der Waals surface area contributed by atoms with Gasteiger partial charge < -0.3 is 5.32 Å². The molecule has 0 bridgehead atoms. The molecule has 118 valence electrons. The van der Waals surface area contributed by atoms with E-state index in [1.165, 1.54) is 12.5 Å². The highest BCUT2D eigenvalue weighted by Crippen LogP contribution is 2.32. The molecule has 0 aromatic heterocycles. The first-order chi connectivity index (χ1) is 11.1. The van der Waals surface area contributed by atoms with Crippen molar-refractivity contribution in [1.29, 1.82) is 0 Å². The summed E-state index contributed by atoms with van der Waals surface area (Å²) in [6.07, 6.45) is 1.51. The van der Waals surface area contributed by atoms with Crippen molar-refractivity contribution in [3.05, 3.63) is 59.7 Å². The van der Waals surface area contributed by atoms with Crippen molar-refractivity contribution in [2.45, 2.75) is 32.7 Å². The Morgan fingerprint density at radius 2 is 1.83 bits per heavy atom. The topological polar surface area (TPSA) is 49.4 Å². The van der Waals surface area contributed by atoms with Gasteiger partial charge in [-0.15, -0.1) is 0 Å². The summed E-state index contributed by atoms with van der Waals surface area (Å²) < 4.78 is 0. The normalized spacial score (nSPS) is 16.1. The molecule has 3 rings (SSSR count). The highest BCUT2D eigenvalue weighted by atomic mass is 16.2. The first-order valence-corrected chi connectivity index (χ1v) is 7.87. The minimum atomic E-state index is -0.490. The Morgan fingerprint density at radius 1 is 1.13 bits per heavy atom. The van der Waals surface area contributed by atoms with Crippen LogP contribution in [0.2, 0.25) is 0 Å². The zero-order valence-electron chi connectivity index (χ0n) is 13.4. The van der Waals surface area contributed by atoms with Crippen LogP contribution in [0.4, 0.5) is 11.4 Å². The first-order valence-electron chi connectivity index (χ1n) is 7.87. The van der Waals surface area contributed by atoms with Crippen molar-refractivity contribution < 1.29 is 9.59 Å². The maximum Gasteiger partial charge on any atom is 0.247 e. The molecule has 2 aromatic carbocycles. The van der Waals surface area contributed by atoms with Gasteiger partial charge in [-0.2, -0.15) is 0 Å². The number of rotatable bonds is 3. The smallest absolute Gasteiger partial charge is 0.247 e. The number of hydrogen-bond donors (Lipinski definition) is 1. The van der Waals surface area contributed by atoms with Gasteiger partial charge in [-0.25, -0.2) is 0 Å². The lowest BCUT2D eigenvalue weighted by atomic mass is 10.1. The van der Waals surface area contributed by atoms with E-state index in [9.17, 15) is 9.59 Å². The predicted molar refractivity (Wildman–Crippen MR) is 91.5 cm³/mol. The van der Waals surface area contributed by atoms with Crippen molar-refractivity contribution in [2.75, 3.05) is 10.2 Å². The molecule has 2 aromatic rings. The van der Waals surface area contributed by atoms with Gasteiger partial charge in [0, 0.05) is 24.7 Å². The van der Waals surface area contributed by atoms with Crippen LogP contribution in [-0.4, -0.2) is 17.9 Å². The molecule has 23 heavy (non-hydrogen) atoms. The van der Waals surface area contributed by atoms with Gasteiger partial charge in [0.2, 0.25) is 11.8 Å². The van der Waals surface area contributed by atoms with Gasteiger partial charge in [0.1, 0.15) is 6.04 Å². The molecule has 0 saturated heterocycles. The molecule has 2 amide bonds. The Kier molecular flexibility index (Phi) is 4.15. The standard InChI is InChI=1S/C19H20N2O2/c1-3-14-8-10-16(11-9-14)20-19(23)18-12-15-6-4-5-7-17(15)21(18)13(2)22/h4-11,18H,3,12H2,1-2H3,(H,20,23)/t18-/m0/s1. The Balaban J connectivity index is 1.80. The molecule has 0 fully saturated rings. The quantitative estimate of drug-likeness (QED) is 0.947. The molecule has 1 aliphatic rings. The summed E-state index contributed by atoms with van der Waals surface area (Å²) in [6.45, 7) is 3.59. The number of nitrogens with zero attached hydrogens (tertiary/aromatic N) is 1. The van der Waals surface area contributed by atoms with Crippen LogP contribution < -0.4 is 10.2 Å². The molecule has 1 aliphatic heterocycles. The van der Waals surface area contributed by atoms with E-state index in [1.54, 1.807) is 4.90 Å². The minimum absolute atomic E-state index is 0.114. The number of carbonyl (C=O) groups is 2. The lowest BCUT2D eigenvalue weighted by molar-refractivity contribution is -0.122. The number of benzene rings is 2. The van der Waals surface area contributed by atoms with Crippen molar-refractivity contribution in [1.82, 2.24) is 0 Å². The molecule has 1 atom stereocenters. The van der Waals surface area contributed by atoms with E-state index < -0.39 is 6.04 Å². The van der Waals surface area contributed by atoms with E-state index >= 15 is 0 Å². The maximum atomic E-state index is 12.6. The van der Waals surface area contributed by atoms with E-state index in [2.05, 4.69) is 12.2 Å². The molecule has 4 nitrogen and oxygen atoms in total. The van der Waals surface area contributed by atoms with Crippen LogP contribution in [0.1, 0.15) is 25.0 Å². The molecule has 0 saturated carbocycles. The summed E-state index contributed by atoms with van der Waals surface area (Å²) in [5.41, 5.74) is 3.85. The van der Waals surface area contributed by atoms with Gasteiger partial charge in [-0.3, -0.25) is 14.5 Å². The fourth-order valence-electron chi connectivity index (χ4n) is 3.03. The number of nitrogens with one attached hydrogen (secondary N) is 1. The van der Waals surface area contributed by atoms with Crippen molar-refractivity contribution >= 4 is 23.2 Å². The van der Waals surface area contributed by atoms with Gasteiger partial charge in [0.25, 0.3) is 0 Å². The summed E-state index contributed by atoms with van der Waals surface area (Å²) in [4.78, 5) is 26.2. The zero-order chi connectivity index (χ0) is 16.4. The van der Waals surface area contributed by atoms with Crippen LogP contribution in [0, 0.1) is 0 Å². The number of fused-ring (bicyclic) bond motifs is 1. The molecule has 1 N–H and O–H groups in total. The second-order valence-electron chi connectivity index (χ2n) is 5.78. The molecule has 4 heteroatoms. The average Bonchev–Trinajstić information content (AvgIpc) is 2.95. The molecular formula is C19H20N2O2. The minimum Gasteiger partial charge on any atom is -0.324 e. The van der Waals surface area contributed by atoms with Crippen LogP contribution in [0.3, 0.4) is 0 Å². The fourth-order valence-corrected chi connectivity index (χ4v) is 3.03. The number of amides is 2. The third kappa shape index (κ3) is 2.97. The van der Waals surface area contributed by atoms with Crippen molar-refractivity contribution in [3.63, 3.8) is 0 Å². The van der Waals surface area contributed by atoms with E-state index in [0.717, 1.165) is 23.4 Å². The van der Waals surface area contributed by atoms with E-state index in [-0.39, 0.29) is 11.8 Å². The highest BCUT2D eigenvalue weighted by Gasteiger charge is 2.36. The molecule has 0 unspecified atom stereocenters. The number of aryl methyl sites for hydroxylation is 1. The van der Waals surface area contributed by atoms with Gasteiger partial charge in [-0.1, -0.05) is 37.3 Å². The van der Waals surface area contributed by atoms with E-state index in [4.69, 9.17) is 0 Å². The predicted octanol–water partition coefficient (Wildman–Crippen LogP) is 3.17. The van der Waals surface area contributed by atoms with Crippen LogP contribution >= 0.6 is 0 Å². The number of carbonyl (C=O) groups excluding carboxylic acids is 2. The molecule has 0 spiro atoms. The zero-order valence-corrected chi connectivity index (χ0v) is 13.4. The van der Waals surface area contributed by atoms with Gasteiger partial charge in [-0.05, 0) is 35.7 Å². The summed E-state index contributed by atoms with van der Waals surface area (Å²) in [5.74, 6) is -0.267. The summed E-state index contributed by atoms with van der Waals surface area (Å²) >= 11 is 0. The Bertz CT molecular complexity index is 737. The second kappa shape index (κ2) is 6.24. The van der Waals surface area contributed by atoms with Gasteiger partial charge in [0.05, 0.1) is 0 Å².